The molecule has 1 saturated heterocycles. The van der Waals surface area contributed by atoms with Gasteiger partial charge in [-0.2, -0.15) is 0 Å². The fourth-order valence-electron chi connectivity index (χ4n) is 4.24. The second-order valence-electron chi connectivity index (χ2n) is 6.31. The van der Waals surface area contributed by atoms with Gasteiger partial charge in [-0.15, -0.1) is 0 Å². The van der Waals surface area contributed by atoms with E-state index in [0.29, 0.717) is 0 Å². The number of aliphatic hydroxyl groups is 1. The highest BCUT2D eigenvalue weighted by Gasteiger charge is 2.46. The molecule has 0 aliphatic carbocycles. The fraction of sp³-hybridized carbons (Fsp3) is 0.529. The van der Waals surface area contributed by atoms with Gasteiger partial charge >= 0.3 is 0 Å². The summed E-state index contributed by atoms with van der Waals surface area (Å²) in [4.78, 5) is 6.08. The molecule has 1 aromatic carbocycles. The first-order chi connectivity index (χ1) is 9.73. The normalized spacial score (nSPS) is 30.2. The van der Waals surface area contributed by atoms with Gasteiger partial charge in [-0.3, -0.25) is 4.90 Å². The van der Waals surface area contributed by atoms with Crippen molar-refractivity contribution in [1.82, 2.24) is 9.88 Å². The maximum atomic E-state index is 11.1. The topological polar surface area (TPSA) is 39.3 Å². The number of rotatable bonds is 1. The van der Waals surface area contributed by atoms with Crippen LogP contribution in [-0.4, -0.2) is 33.7 Å². The molecule has 1 aromatic heterocycles. The van der Waals surface area contributed by atoms with Crippen molar-refractivity contribution in [2.45, 2.75) is 44.2 Å². The van der Waals surface area contributed by atoms with Crippen LogP contribution in [0.5, 0.6) is 0 Å². The lowest BCUT2D eigenvalue weighted by molar-refractivity contribution is -0.0903. The number of aromatic nitrogens is 1. The summed E-state index contributed by atoms with van der Waals surface area (Å²) in [6, 6.07) is 8.68. The third kappa shape index (κ3) is 1.60. The van der Waals surface area contributed by atoms with Crippen LogP contribution in [0.1, 0.15) is 43.5 Å². The lowest BCUT2D eigenvalue weighted by Crippen LogP contribution is -2.53. The highest BCUT2D eigenvalue weighted by Crippen LogP contribution is 2.45. The van der Waals surface area contributed by atoms with E-state index >= 15 is 0 Å². The number of aromatic amines is 1. The van der Waals surface area contributed by atoms with Gasteiger partial charge in [0.05, 0.1) is 11.6 Å². The Kier molecular flexibility index (Phi) is 2.69. The van der Waals surface area contributed by atoms with Crippen molar-refractivity contribution in [2.24, 2.45) is 0 Å². The van der Waals surface area contributed by atoms with Gasteiger partial charge in [0.1, 0.15) is 0 Å². The zero-order valence-corrected chi connectivity index (χ0v) is 12.0. The molecule has 0 unspecified atom stereocenters. The summed E-state index contributed by atoms with van der Waals surface area (Å²) in [6.07, 6.45) is 3.94. The van der Waals surface area contributed by atoms with E-state index in [4.69, 9.17) is 0 Å². The molecule has 4 rings (SSSR count). The fourth-order valence-corrected chi connectivity index (χ4v) is 4.24. The molecule has 0 saturated carbocycles. The Bertz CT molecular complexity index is 647. The van der Waals surface area contributed by atoms with Crippen molar-refractivity contribution >= 4 is 10.9 Å². The van der Waals surface area contributed by atoms with E-state index < -0.39 is 5.60 Å². The Balaban J connectivity index is 1.91. The second-order valence-corrected chi connectivity index (χ2v) is 6.31. The largest absolute Gasteiger partial charge is 0.388 e. The zero-order chi connectivity index (χ0) is 13.7. The molecule has 2 aromatic rings. The number of nitrogens with zero attached hydrogens (tertiary/aromatic N) is 1. The van der Waals surface area contributed by atoms with Crippen LogP contribution >= 0.6 is 0 Å². The molecular weight excluding hydrogens is 248 g/mol. The van der Waals surface area contributed by atoms with Gasteiger partial charge in [-0.25, -0.2) is 0 Å². The number of nitrogens with one attached hydrogen (secondary N) is 1. The Morgan fingerprint density at radius 1 is 1.35 bits per heavy atom. The van der Waals surface area contributed by atoms with Gasteiger partial charge in [0.25, 0.3) is 0 Å². The van der Waals surface area contributed by atoms with Gasteiger partial charge < -0.3 is 10.1 Å². The first-order valence-corrected chi connectivity index (χ1v) is 7.79. The van der Waals surface area contributed by atoms with Crippen molar-refractivity contribution in [2.75, 3.05) is 13.1 Å². The van der Waals surface area contributed by atoms with Crippen molar-refractivity contribution in [3.8, 4) is 0 Å². The van der Waals surface area contributed by atoms with Crippen molar-refractivity contribution in [3.05, 3.63) is 35.5 Å². The van der Waals surface area contributed by atoms with Gasteiger partial charge in [-0.05, 0) is 43.9 Å². The summed E-state index contributed by atoms with van der Waals surface area (Å²) in [5.41, 5.74) is 3.33. The van der Waals surface area contributed by atoms with Crippen LogP contribution < -0.4 is 0 Å². The molecule has 2 N–H and O–H groups in total. The molecular formula is C17H22N2O. The summed E-state index contributed by atoms with van der Waals surface area (Å²) in [5.74, 6) is 0. The van der Waals surface area contributed by atoms with Crippen molar-refractivity contribution in [1.29, 1.82) is 0 Å². The predicted octanol–water partition coefficient (Wildman–Crippen LogP) is 3.00. The van der Waals surface area contributed by atoms with Crippen LogP contribution in [0.2, 0.25) is 0 Å². The standard InChI is InChI=1S/C17H22N2O/c1-2-17(20)9-5-10-19-11-8-13-12-6-3-4-7-14(12)18-15(13)16(17)19/h3-4,6-7,16,18,20H,2,5,8-11H2,1H3/t16-,17+/m0/s1. The molecule has 2 atom stereocenters. The molecule has 0 radical (unpaired) electrons. The lowest BCUT2D eigenvalue weighted by Gasteiger charge is -2.49. The van der Waals surface area contributed by atoms with Gasteiger partial charge in [0.2, 0.25) is 0 Å². The molecule has 0 bridgehead atoms. The number of fused-ring (bicyclic) bond motifs is 5. The molecule has 3 nitrogen and oxygen atoms in total. The average molecular weight is 270 g/mol. The van der Waals surface area contributed by atoms with E-state index in [0.717, 1.165) is 38.8 Å². The van der Waals surface area contributed by atoms with E-state index in [1.807, 2.05) is 0 Å². The zero-order valence-electron chi connectivity index (χ0n) is 12.0. The van der Waals surface area contributed by atoms with Crippen LogP contribution in [0, 0.1) is 0 Å². The third-order valence-electron chi connectivity index (χ3n) is 5.31. The summed E-state index contributed by atoms with van der Waals surface area (Å²) in [7, 11) is 0. The maximum absolute atomic E-state index is 11.1. The molecule has 20 heavy (non-hydrogen) atoms. The summed E-state index contributed by atoms with van der Waals surface area (Å²) < 4.78 is 0. The van der Waals surface area contributed by atoms with Gasteiger partial charge in [0, 0.05) is 23.1 Å². The molecule has 106 valence electrons. The van der Waals surface area contributed by atoms with E-state index in [-0.39, 0.29) is 6.04 Å². The summed E-state index contributed by atoms with van der Waals surface area (Å²) in [5, 5.41) is 12.4. The predicted molar refractivity (Wildman–Crippen MR) is 80.8 cm³/mol. The van der Waals surface area contributed by atoms with Gasteiger partial charge in [-0.1, -0.05) is 25.1 Å². The highest BCUT2D eigenvalue weighted by atomic mass is 16.3. The molecule has 0 spiro atoms. The third-order valence-corrected chi connectivity index (χ3v) is 5.31. The first kappa shape index (κ1) is 12.4. The number of benzene rings is 1. The molecule has 2 aliphatic heterocycles. The monoisotopic (exact) mass is 270 g/mol. The number of para-hydroxylation sites is 1. The number of hydrogen-bond acceptors (Lipinski definition) is 2. The smallest absolute Gasteiger partial charge is 0.0856 e. The van der Waals surface area contributed by atoms with Crippen LogP contribution in [-0.2, 0) is 6.42 Å². The molecule has 3 heterocycles. The lowest BCUT2D eigenvalue weighted by atomic mass is 9.77. The SMILES string of the molecule is CC[C@@]1(O)CCCN2CCc3c([nH]c4ccccc34)[C@H]21. The Morgan fingerprint density at radius 3 is 3.05 bits per heavy atom. The van der Waals surface area contributed by atoms with Crippen LogP contribution in [0.4, 0.5) is 0 Å². The quantitative estimate of drug-likeness (QED) is 0.836. The Hall–Kier alpha value is -1.32. The van der Waals surface area contributed by atoms with E-state index in [9.17, 15) is 5.11 Å². The molecule has 2 aliphatic rings. The van der Waals surface area contributed by atoms with Crippen molar-refractivity contribution in [3.63, 3.8) is 0 Å². The van der Waals surface area contributed by atoms with Crippen molar-refractivity contribution < 1.29 is 5.11 Å². The molecule has 3 heteroatoms. The summed E-state index contributed by atoms with van der Waals surface area (Å²) in [6.45, 7) is 4.30. The maximum Gasteiger partial charge on any atom is 0.0856 e. The molecule has 1 fully saturated rings. The first-order valence-electron chi connectivity index (χ1n) is 7.79. The Labute approximate surface area is 119 Å². The minimum atomic E-state index is -0.575. The van der Waals surface area contributed by atoms with Crippen LogP contribution in [0.25, 0.3) is 10.9 Å². The minimum absolute atomic E-state index is 0.150. The second kappa shape index (κ2) is 4.34. The average Bonchev–Trinajstić information content (AvgIpc) is 2.85. The minimum Gasteiger partial charge on any atom is -0.388 e. The number of H-pyrrole nitrogens is 1. The molecule has 0 amide bonds. The van der Waals surface area contributed by atoms with E-state index in [1.54, 1.807) is 0 Å². The van der Waals surface area contributed by atoms with E-state index in [2.05, 4.69) is 41.1 Å². The number of piperidine rings is 1. The summed E-state index contributed by atoms with van der Waals surface area (Å²) >= 11 is 0. The van der Waals surface area contributed by atoms with Crippen LogP contribution in [0.3, 0.4) is 0 Å². The van der Waals surface area contributed by atoms with E-state index in [1.165, 1.54) is 22.2 Å². The number of hydrogen-bond donors (Lipinski definition) is 2. The van der Waals surface area contributed by atoms with Gasteiger partial charge in [0.15, 0.2) is 0 Å². The highest BCUT2D eigenvalue weighted by molar-refractivity contribution is 5.85. The Morgan fingerprint density at radius 2 is 2.20 bits per heavy atom. The van der Waals surface area contributed by atoms with Crippen LogP contribution in [0.15, 0.2) is 24.3 Å².